The van der Waals surface area contributed by atoms with Crippen molar-refractivity contribution in [3.05, 3.63) is 94.0 Å². The second-order valence-corrected chi connectivity index (χ2v) is 8.55. The second-order valence-electron chi connectivity index (χ2n) is 6.57. The maximum absolute atomic E-state index is 12.7. The first kappa shape index (κ1) is 20.7. The summed E-state index contributed by atoms with van der Waals surface area (Å²) < 4.78 is 30.7. The van der Waals surface area contributed by atoms with Crippen LogP contribution in [-0.2, 0) is 10.1 Å². The van der Waals surface area contributed by atoms with Crippen molar-refractivity contribution in [1.82, 2.24) is 0 Å². The third kappa shape index (κ3) is 5.05. The SMILES string of the molecule is Cc1ccc(/C(C#N)=C/c2cc(Cl)ccc2OS(=O)(=O)c2ccc(C)cc2)cc1. The predicted molar refractivity (Wildman–Crippen MR) is 115 cm³/mol. The average molecular weight is 424 g/mol. The van der Waals surface area contributed by atoms with E-state index in [9.17, 15) is 13.7 Å². The average Bonchev–Trinajstić information content (AvgIpc) is 2.69. The van der Waals surface area contributed by atoms with Gasteiger partial charge in [-0.05, 0) is 55.8 Å². The molecule has 0 atom stereocenters. The van der Waals surface area contributed by atoms with Gasteiger partial charge in [0.05, 0.1) is 11.6 Å². The van der Waals surface area contributed by atoms with Gasteiger partial charge < -0.3 is 4.18 Å². The van der Waals surface area contributed by atoms with Crippen LogP contribution in [0, 0.1) is 25.2 Å². The molecule has 0 bridgehead atoms. The van der Waals surface area contributed by atoms with E-state index in [-0.39, 0.29) is 10.6 Å². The van der Waals surface area contributed by atoms with Gasteiger partial charge in [0.25, 0.3) is 0 Å². The van der Waals surface area contributed by atoms with Crippen molar-refractivity contribution >= 4 is 33.4 Å². The summed E-state index contributed by atoms with van der Waals surface area (Å²) in [6, 6.07) is 20.6. The van der Waals surface area contributed by atoms with Crippen LogP contribution in [0.3, 0.4) is 0 Å². The Balaban J connectivity index is 2.03. The van der Waals surface area contributed by atoms with E-state index in [1.165, 1.54) is 24.3 Å². The Morgan fingerprint density at radius 1 is 0.966 bits per heavy atom. The summed E-state index contributed by atoms with van der Waals surface area (Å²) in [4.78, 5) is 0.0482. The van der Waals surface area contributed by atoms with Gasteiger partial charge in [0, 0.05) is 10.6 Å². The lowest BCUT2D eigenvalue weighted by Crippen LogP contribution is -2.10. The van der Waals surface area contributed by atoms with Crippen molar-refractivity contribution in [2.75, 3.05) is 0 Å². The lowest BCUT2D eigenvalue weighted by molar-refractivity contribution is 0.485. The molecular weight excluding hydrogens is 406 g/mol. The van der Waals surface area contributed by atoms with Gasteiger partial charge in [-0.1, -0.05) is 59.1 Å². The summed E-state index contributed by atoms with van der Waals surface area (Å²) in [5.74, 6) is 0.0924. The van der Waals surface area contributed by atoms with E-state index in [1.54, 1.807) is 24.3 Å². The molecule has 3 rings (SSSR count). The van der Waals surface area contributed by atoms with Crippen LogP contribution in [0.5, 0.6) is 5.75 Å². The van der Waals surface area contributed by atoms with Crippen LogP contribution in [0.25, 0.3) is 11.6 Å². The van der Waals surface area contributed by atoms with Gasteiger partial charge in [0.15, 0.2) is 0 Å². The van der Waals surface area contributed by atoms with Crippen LogP contribution >= 0.6 is 11.6 Å². The first-order valence-corrected chi connectivity index (χ1v) is 10.6. The molecule has 0 radical (unpaired) electrons. The molecular formula is C23H18ClNO3S. The number of hydrogen-bond donors (Lipinski definition) is 0. The second kappa shape index (κ2) is 8.52. The highest BCUT2D eigenvalue weighted by Crippen LogP contribution is 2.30. The van der Waals surface area contributed by atoms with Crippen LogP contribution < -0.4 is 4.18 Å². The van der Waals surface area contributed by atoms with E-state index in [0.717, 1.165) is 11.1 Å². The van der Waals surface area contributed by atoms with E-state index >= 15 is 0 Å². The smallest absolute Gasteiger partial charge is 0.339 e. The zero-order chi connectivity index (χ0) is 21.0. The molecule has 6 heteroatoms. The van der Waals surface area contributed by atoms with Crippen molar-refractivity contribution in [3.8, 4) is 11.8 Å². The van der Waals surface area contributed by atoms with Crippen LogP contribution in [0.1, 0.15) is 22.3 Å². The molecule has 0 spiro atoms. The Kier molecular flexibility index (Phi) is 6.07. The molecule has 3 aromatic carbocycles. The first-order valence-electron chi connectivity index (χ1n) is 8.78. The van der Waals surface area contributed by atoms with E-state index in [2.05, 4.69) is 6.07 Å². The van der Waals surface area contributed by atoms with E-state index in [0.29, 0.717) is 21.7 Å². The highest BCUT2D eigenvalue weighted by Gasteiger charge is 2.18. The Hall–Kier alpha value is -3.07. The number of nitrogens with zero attached hydrogens (tertiary/aromatic N) is 1. The first-order chi connectivity index (χ1) is 13.8. The van der Waals surface area contributed by atoms with Gasteiger partial charge in [-0.15, -0.1) is 0 Å². The van der Waals surface area contributed by atoms with Gasteiger partial charge in [-0.2, -0.15) is 13.7 Å². The monoisotopic (exact) mass is 423 g/mol. The fourth-order valence-electron chi connectivity index (χ4n) is 2.65. The van der Waals surface area contributed by atoms with Crippen LogP contribution in [0.15, 0.2) is 71.6 Å². The molecule has 0 amide bonds. The predicted octanol–water partition coefficient (Wildman–Crippen LogP) is 5.79. The minimum atomic E-state index is -4.03. The molecule has 0 heterocycles. The van der Waals surface area contributed by atoms with Gasteiger partial charge in [0.2, 0.25) is 0 Å². The summed E-state index contributed by atoms with van der Waals surface area (Å²) in [6.45, 7) is 3.83. The molecule has 4 nitrogen and oxygen atoms in total. The molecule has 3 aromatic rings. The van der Waals surface area contributed by atoms with E-state index < -0.39 is 10.1 Å². The molecule has 146 valence electrons. The third-order valence-electron chi connectivity index (χ3n) is 4.26. The molecule has 0 aliphatic carbocycles. The topological polar surface area (TPSA) is 67.2 Å². The normalized spacial score (nSPS) is 11.7. The fourth-order valence-corrected chi connectivity index (χ4v) is 3.78. The van der Waals surface area contributed by atoms with Crippen LogP contribution in [0.4, 0.5) is 0 Å². The Labute approximate surface area is 175 Å². The number of hydrogen-bond acceptors (Lipinski definition) is 4. The molecule has 0 saturated heterocycles. The van der Waals surface area contributed by atoms with Gasteiger partial charge in [0.1, 0.15) is 10.6 Å². The van der Waals surface area contributed by atoms with E-state index in [4.69, 9.17) is 15.8 Å². The molecule has 0 aromatic heterocycles. The summed E-state index contributed by atoms with van der Waals surface area (Å²) in [5.41, 5.74) is 3.48. The minimum absolute atomic E-state index is 0.0482. The molecule has 0 saturated carbocycles. The molecule has 0 aliphatic heterocycles. The zero-order valence-electron chi connectivity index (χ0n) is 15.9. The number of allylic oxidation sites excluding steroid dienone is 1. The van der Waals surface area contributed by atoms with Crippen LogP contribution in [-0.4, -0.2) is 8.42 Å². The van der Waals surface area contributed by atoms with E-state index in [1.807, 2.05) is 38.1 Å². The quantitative estimate of drug-likeness (QED) is 0.296. The third-order valence-corrected chi connectivity index (χ3v) is 5.75. The number of halogens is 1. The minimum Gasteiger partial charge on any atom is -0.378 e. The number of benzene rings is 3. The molecule has 0 aliphatic rings. The van der Waals surface area contributed by atoms with Crippen molar-refractivity contribution in [1.29, 1.82) is 5.26 Å². The summed E-state index contributed by atoms with van der Waals surface area (Å²) >= 11 is 6.10. The summed E-state index contributed by atoms with van der Waals surface area (Å²) in [6.07, 6.45) is 1.57. The maximum atomic E-state index is 12.7. The van der Waals surface area contributed by atoms with Crippen molar-refractivity contribution in [3.63, 3.8) is 0 Å². The summed E-state index contributed by atoms with van der Waals surface area (Å²) in [7, 11) is -4.03. The Morgan fingerprint density at radius 3 is 2.14 bits per heavy atom. The van der Waals surface area contributed by atoms with Crippen molar-refractivity contribution < 1.29 is 12.6 Å². The largest absolute Gasteiger partial charge is 0.378 e. The standard InChI is InChI=1S/C23H18ClNO3S/c1-16-3-7-18(8-4-16)20(15-25)13-19-14-21(24)9-12-23(19)28-29(26,27)22-10-5-17(2)6-11-22/h3-14H,1-2H3/b20-13+. The number of rotatable bonds is 5. The molecule has 29 heavy (non-hydrogen) atoms. The molecule has 0 unspecified atom stereocenters. The zero-order valence-corrected chi connectivity index (χ0v) is 17.5. The number of nitriles is 1. The highest BCUT2D eigenvalue weighted by atomic mass is 35.5. The highest BCUT2D eigenvalue weighted by molar-refractivity contribution is 7.87. The van der Waals surface area contributed by atoms with Crippen LogP contribution in [0.2, 0.25) is 5.02 Å². The summed E-state index contributed by atoms with van der Waals surface area (Å²) in [5, 5.41) is 10.00. The Bertz CT molecular complexity index is 1210. The van der Waals surface area contributed by atoms with Gasteiger partial charge in [-0.3, -0.25) is 0 Å². The Morgan fingerprint density at radius 2 is 1.55 bits per heavy atom. The van der Waals surface area contributed by atoms with Crippen molar-refractivity contribution in [2.24, 2.45) is 0 Å². The fraction of sp³-hybridized carbons (Fsp3) is 0.0870. The lowest BCUT2D eigenvalue weighted by Gasteiger charge is -2.11. The van der Waals surface area contributed by atoms with Gasteiger partial charge in [-0.25, -0.2) is 0 Å². The van der Waals surface area contributed by atoms with Gasteiger partial charge >= 0.3 is 10.1 Å². The molecule has 0 N–H and O–H groups in total. The lowest BCUT2D eigenvalue weighted by atomic mass is 10.0. The maximum Gasteiger partial charge on any atom is 0.339 e. The molecule has 0 fully saturated rings. The number of aryl methyl sites for hydroxylation is 2. The van der Waals surface area contributed by atoms with Crippen molar-refractivity contribution in [2.45, 2.75) is 18.7 Å².